The van der Waals surface area contributed by atoms with Gasteiger partial charge in [-0.2, -0.15) is 0 Å². The molecule has 0 saturated carbocycles. The number of benzene rings is 7. The van der Waals surface area contributed by atoms with Crippen LogP contribution in [0.25, 0.3) is 0 Å². The van der Waals surface area contributed by atoms with E-state index in [1.54, 1.807) is 38.3 Å². The van der Waals surface area contributed by atoms with Crippen molar-refractivity contribution < 1.29 is 17.9 Å². The maximum Gasteiger partial charge on any atom is 0.126 e. The zero-order valence-corrected chi connectivity index (χ0v) is 52.4. The molecule has 4 heteroatoms. The van der Waals surface area contributed by atoms with Gasteiger partial charge in [0, 0.05) is 0 Å². The van der Waals surface area contributed by atoms with E-state index in [1.807, 2.05) is 49.4 Å². The molecule has 7 aromatic rings. The van der Waals surface area contributed by atoms with Gasteiger partial charge in [-0.05, 0) is 200 Å². The van der Waals surface area contributed by atoms with Crippen LogP contribution in [0.1, 0.15) is 174 Å². The van der Waals surface area contributed by atoms with E-state index in [4.69, 9.17) is 4.74 Å². The summed E-state index contributed by atoms with van der Waals surface area (Å²) in [5.74, 6) is 5.40. The Labute approximate surface area is 496 Å². The first kappa shape index (κ1) is 77.2. The summed E-state index contributed by atoms with van der Waals surface area (Å²) in [7, 11) is 1.69. The highest BCUT2D eigenvalue weighted by Crippen LogP contribution is 2.17. The summed E-state index contributed by atoms with van der Waals surface area (Å²) in [6.07, 6.45) is 8.79. The predicted octanol–water partition coefficient (Wildman–Crippen LogP) is 23.2. The number of ether oxygens (including phenoxy) is 1. The first-order valence-corrected chi connectivity index (χ1v) is 29.4. The SMILES string of the molecule is C.C.CC(C)CCc1ccccc1.CC(C)Cc1cccc(F)c1.CC(C)Cc1ccccc1.COc1ccc(CC(C)C)cc1.Cc1ccc(CC(C)C)c(F)c1.Cc1ccc(CC(C)C)cc1.Cc1ccc(CC(C)C)cc1F. The lowest BCUT2D eigenvalue weighted by Crippen LogP contribution is -1.97. The molecule has 0 aliphatic heterocycles. The lowest BCUT2D eigenvalue weighted by Gasteiger charge is -2.06. The van der Waals surface area contributed by atoms with Crippen LogP contribution >= 0.6 is 0 Å². The van der Waals surface area contributed by atoms with E-state index >= 15 is 0 Å². The topological polar surface area (TPSA) is 9.23 Å². The van der Waals surface area contributed by atoms with E-state index in [-0.39, 0.29) is 32.3 Å². The number of halogens is 3. The molecule has 0 aliphatic rings. The summed E-state index contributed by atoms with van der Waals surface area (Å²) in [5.41, 5.74) is 11.8. The van der Waals surface area contributed by atoms with E-state index in [1.165, 1.54) is 59.6 Å². The van der Waals surface area contributed by atoms with Crippen molar-refractivity contribution in [1.29, 1.82) is 0 Å². The summed E-state index contributed by atoms with van der Waals surface area (Å²) in [6, 6.07) is 56.0. The van der Waals surface area contributed by atoms with Gasteiger partial charge in [-0.15, -0.1) is 0 Å². The largest absolute Gasteiger partial charge is 0.497 e. The van der Waals surface area contributed by atoms with Gasteiger partial charge < -0.3 is 4.74 Å². The lowest BCUT2D eigenvalue weighted by atomic mass is 10.0. The van der Waals surface area contributed by atoms with Gasteiger partial charge in [0.25, 0.3) is 0 Å². The van der Waals surface area contributed by atoms with Crippen molar-refractivity contribution in [2.75, 3.05) is 7.11 Å². The summed E-state index contributed by atoms with van der Waals surface area (Å²) < 4.78 is 43.9. The minimum absolute atomic E-state index is 0. The van der Waals surface area contributed by atoms with Crippen molar-refractivity contribution in [2.45, 2.75) is 184 Å². The van der Waals surface area contributed by atoms with Gasteiger partial charge in [0.05, 0.1) is 7.11 Å². The second kappa shape index (κ2) is 44.7. The highest BCUT2D eigenvalue weighted by molar-refractivity contribution is 5.28. The fourth-order valence-electron chi connectivity index (χ4n) is 8.24. The molecule has 0 N–H and O–H groups in total. The summed E-state index contributed by atoms with van der Waals surface area (Å²) in [4.78, 5) is 0. The maximum atomic E-state index is 13.2. The van der Waals surface area contributed by atoms with Crippen molar-refractivity contribution in [3.63, 3.8) is 0 Å². The number of rotatable bonds is 16. The molecule has 0 aliphatic carbocycles. The molecular formula is C77H113F3O. The summed E-state index contributed by atoms with van der Waals surface area (Å²) in [6.45, 7) is 36.5. The number of hydrogen-bond acceptors (Lipinski definition) is 1. The molecule has 7 rings (SSSR count). The van der Waals surface area contributed by atoms with Crippen LogP contribution in [0.2, 0.25) is 0 Å². The van der Waals surface area contributed by atoms with Crippen LogP contribution in [-0.2, 0) is 44.9 Å². The zero-order chi connectivity index (χ0) is 59.3. The van der Waals surface area contributed by atoms with Gasteiger partial charge >= 0.3 is 0 Å². The molecule has 81 heavy (non-hydrogen) atoms. The predicted molar refractivity (Wildman–Crippen MR) is 354 cm³/mol. The first-order valence-electron chi connectivity index (χ1n) is 29.4. The smallest absolute Gasteiger partial charge is 0.126 e. The van der Waals surface area contributed by atoms with Crippen molar-refractivity contribution in [3.8, 4) is 5.75 Å². The minimum Gasteiger partial charge on any atom is -0.497 e. The molecule has 7 aromatic carbocycles. The molecule has 0 radical (unpaired) electrons. The lowest BCUT2D eigenvalue weighted by molar-refractivity contribution is 0.414. The Kier molecular flexibility index (Phi) is 42.6. The highest BCUT2D eigenvalue weighted by Gasteiger charge is 2.05. The number of aryl methyl sites for hydroxylation is 4. The maximum absolute atomic E-state index is 13.2. The zero-order valence-electron chi connectivity index (χ0n) is 52.4. The first-order chi connectivity index (χ1) is 37.3. The second-order valence-electron chi connectivity index (χ2n) is 24.1. The molecule has 0 heterocycles. The van der Waals surface area contributed by atoms with Crippen LogP contribution in [-0.4, -0.2) is 7.11 Å². The third-order valence-corrected chi connectivity index (χ3v) is 12.2. The van der Waals surface area contributed by atoms with Crippen LogP contribution in [0.5, 0.6) is 5.75 Å². The molecule has 0 saturated heterocycles. The van der Waals surface area contributed by atoms with Gasteiger partial charge in [-0.3, -0.25) is 0 Å². The average Bonchev–Trinajstić information content (AvgIpc) is 3.37. The van der Waals surface area contributed by atoms with Gasteiger partial charge in [-0.25, -0.2) is 13.2 Å². The standard InChI is InChI=1S/2C11H15F.C11H16O.2C11H16.C10H13F.C10H14.2CH4/c1-8(2)6-10-5-4-9(3)11(12)7-10;1-8(2)6-10-5-4-9(3)7-11(10)12;1-9(2)8-10-4-6-11(12-3)7-5-10;1-9(2)8-11-6-4-10(3)5-7-11;1-10(2)8-9-11-6-4-3-5-7-11;1-8(2)6-9-4-3-5-10(11)7-9;1-9(2)8-10-6-4-3-5-7-10;;/h2*4-5,7-8H,6H2,1-3H3;4-7,9H,8H2,1-3H3;4-7,9H,8H2,1-3H3;3-7,10H,8-9H2,1-2H3;3-5,7-8H,6H2,1-2H3;3-7,9H,8H2,1-2H3;2*1H4. The van der Waals surface area contributed by atoms with Crippen molar-refractivity contribution >= 4 is 0 Å². The van der Waals surface area contributed by atoms with E-state index < -0.39 is 0 Å². The molecule has 0 unspecified atom stereocenters. The van der Waals surface area contributed by atoms with E-state index in [0.717, 1.165) is 82.9 Å². The number of methoxy groups -OCH3 is 1. The molecule has 0 bridgehead atoms. The van der Waals surface area contributed by atoms with Crippen LogP contribution in [0, 0.1) is 79.6 Å². The highest BCUT2D eigenvalue weighted by atomic mass is 19.1. The Morgan fingerprint density at radius 2 is 0.716 bits per heavy atom. The van der Waals surface area contributed by atoms with Crippen molar-refractivity contribution in [2.24, 2.45) is 41.4 Å². The third kappa shape index (κ3) is 40.9. The van der Waals surface area contributed by atoms with Gasteiger partial charge in [0.2, 0.25) is 0 Å². The van der Waals surface area contributed by atoms with Crippen LogP contribution in [0.15, 0.2) is 170 Å². The molecule has 0 aromatic heterocycles. The normalized spacial score (nSPS) is 10.3. The Hall–Kier alpha value is -5.87. The minimum atomic E-state index is -0.136. The molecule has 1 nitrogen and oxygen atoms in total. The Morgan fingerprint density at radius 3 is 1.12 bits per heavy atom. The van der Waals surface area contributed by atoms with Crippen LogP contribution in [0.3, 0.4) is 0 Å². The van der Waals surface area contributed by atoms with E-state index in [9.17, 15) is 13.2 Å². The van der Waals surface area contributed by atoms with E-state index in [2.05, 4.69) is 201 Å². The van der Waals surface area contributed by atoms with Crippen LogP contribution in [0.4, 0.5) is 13.2 Å². The average molecular weight is 1110 g/mol. The quantitative estimate of drug-likeness (QED) is 0.0937. The fraction of sp³-hybridized carbons (Fsp3) is 0.455. The molecule has 0 fully saturated rings. The summed E-state index contributed by atoms with van der Waals surface area (Å²) >= 11 is 0. The molecule has 448 valence electrons. The number of hydrogen-bond donors (Lipinski definition) is 0. The molecule has 0 amide bonds. The van der Waals surface area contributed by atoms with Crippen molar-refractivity contribution in [1.82, 2.24) is 0 Å². The molecular weight excluding hydrogens is 998 g/mol. The Balaban J connectivity index is 0. The van der Waals surface area contributed by atoms with Crippen molar-refractivity contribution in [3.05, 3.63) is 243 Å². The fourth-order valence-corrected chi connectivity index (χ4v) is 8.24. The Morgan fingerprint density at radius 1 is 0.333 bits per heavy atom. The van der Waals surface area contributed by atoms with E-state index in [0.29, 0.717) is 17.8 Å². The van der Waals surface area contributed by atoms with Gasteiger partial charge in [-0.1, -0.05) is 251 Å². The third-order valence-electron chi connectivity index (χ3n) is 12.2. The van der Waals surface area contributed by atoms with Gasteiger partial charge in [0.1, 0.15) is 23.2 Å². The second-order valence-corrected chi connectivity index (χ2v) is 24.1. The summed E-state index contributed by atoms with van der Waals surface area (Å²) in [5, 5.41) is 0. The monoisotopic (exact) mass is 1110 g/mol. The Bertz CT molecular complexity index is 2570. The van der Waals surface area contributed by atoms with Gasteiger partial charge in [0.15, 0.2) is 0 Å². The van der Waals surface area contributed by atoms with Crippen LogP contribution < -0.4 is 4.74 Å². The molecule has 0 atom stereocenters. The molecule has 0 spiro atoms.